The molecule has 0 fully saturated rings. The summed E-state index contributed by atoms with van der Waals surface area (Å²) >= 11 is 0. The fourth-order valence-corrected chi connectivity index (χ4v) is 0. The minimum atomic E-state index is 1.25. The third-order valence-corrected chi connectivity index (χ3v) is 0. The van der Waals surface area contributed by atoms with Gasteiger partial charge in [-0.2, -0.15) is 0 Å². The van der Waals surface area contributed by atoms with E-state index in [4.69, 9.17) is 0 Å². The van der Waals surface area contributed by atoms with Crippen LogP contribution in [0.25, 0.3) is 0 Å². The van der Waals surface area contributed by atoms with Crippen molar-refractivity contribution in [2.24, 2.45) is 0 Å². The van der Waals surface area contributed by atoms with Gasteiger partial charge in [0.05, 0.1) is 0 Å². The van der Waals surface area contributed by atoms with Gasteiger partial charge >= 0.3 is 0 Å². The van der Waals surface area contributed by atoms with Gasteiger partial charge in [0.15, 0.2) is 0 Å². The van der Waals surface area contributed by atoms with Crippen molar-refractivity contribution in [3.8, 4) is 12.8 Å². The molecule has 0 spiro atoms. The molecule has 0 nitrogen and oxygen atoms in total. The van der Waals surface area contributed by atoms with Crippen LogP contribution < -0.4 is 0 Å². The molecular weight excluding hydrogens is 204 g/mol. The van der Waals surface area contributed by atoms with E-state index in [0.717, 1.165) is 0 Å². The highest BCUT2D eigenvalue weighted by Crippen LogP contribution is 1.56. The van der Waals surface area contributed by atoms with Gasteiger partial charge in [-0.3, -0.25) is 0 Å². The molecule has 0 radical (unpaired) electrons. The molecule has 0 N–H and O–H groups in total. The maximum absolute atomic E-state index is 4.00. The summed E-state index contributed by atoms with van der Waals surface area (Å²) < 4.78 is 0. The zero-order valence-corrected chi connectivity index (χ0v) is 15.3. The number of terminal acetylenes is 1. The van der Waals surface area contributed by atoms with Crippen LogP contribution in [0.5, 0.6) is 0 Å². The first-order valence-electron chi connectivity index (χ1n) is 7.58. The highest BCUT2D eigenvalue weighted by Gasteiger charge is 1.36. The summed E-state index contributed by atoms with van der Waals surface area (Å²) in [7, 11) is 0. The third kappa shape index (κ3) is 14800. The standard InChI is InChI=1S/3C3H8.3C2H6.C2H2/c3*1-3-2;4*1-2/h3*3H2,1-2H3;3*1-2H3;1-2H. The summed E-state index contributed by atoms with van der Waals surface area (Å²) in [5.41, 5.74) is 0. The Bertz CT molecular complexity index is 21.5. The lowest BCUT2D eigenvalue weighted by Gasteiger charge is -1.48. The van der Waals surface area contributed by atoms with Crippen LogP contribution in [-0.2, 0) is 0 Å². The molecule has 0 saturated heterocycles. The summed E-state index contributed by atoms with van der Waals surface area (Å²) in [5, 5.41) is 0. The first kappa shape index (κ1) is 43.9. The Morgan fingerprint density at radius 3 is 0.412 bits per heavy atom. The van der Waals surface area contributed by atoms with Crippen LogP contribution >= 0.6 is 0 Å². The molecule has 0 aromatic rings. The fourth-order valence-electron chi connectivity index (χ4n) is 0. The van der Waals surface area contributed by atoms with Crippen molar-refractivity contribution in [1.82, 2.24) is 0 Å². The van der Waals surface area contributed by atoms with Crippen LogP contribution in [0.2, 0.25) is 0 Å². The van der Waals surface area contributed by atoms with Crippen molar-refractivity contribution in [2.75, 3.05) is 0 Å². The van der Waals surface area contributed by atoms with Crippen LogP contribution in [-0.4, -0.2) is 0 Å². The van der Waals surface area contributed by atoms with Gasteiger partial charge in [-0.25, -0.2) is 0 Å². The van der Waals surface area contributed by atoms with Crippen molar-refractivity contribution >= 4 is 0 Å². The summed E-state index contributed by atoms with van der Waals surface area (Å²) in [6.45, 7) is 24.8. The quantitative estimate of drug-likeness (QED) is 0.388. The average molecular weight is 249 g/mol. The first-order chi connectivity index (χ1) is 8.24. The minimum Gasteiger partial charge on any atom is -0.124 e. The molecule has 0 aliphatic heterocycles. The average Bonchev–Trinajstić information content (AvgIpc) is 2.41. The van der Waals surface area contributed by atoms with Gasteiger partial charge in [-0.05, 0) is 0 Å². The zero-order valence-electron chi connectivity index (χ0n) is 15.3. The lowest BCUT2D eigenvalue weighted by atomic mass is 10.6. The molecule has 0 aromatic heterocycles. The van der Waals surface area contributed by atoms with Crippen LogP contribution in [0.4, 0.5) is 0 Å². The predicted octanol–water partition coefficient (Wildman–Crippen LogP) is 7.58. The fraction of sp³-hybridized carbons (Fsp3) is 0.882. The second-order valence-corrected chi connectivity index (χ2v) is 2.12. The number of rotatable bonds is 0. The Morgan fingerprint density at radius 1 is 0.412 bits per heavy atom. The highest BCUT2D eigenvalue weighted by atomic mass is 13.4. The second-order valence-electron chi connectivity index (χ2n) is 2.12. The van der Waals surface area contributed by atoms with Crippen LogP contribution in [0, 0.1) is 12.8 Å². The van der Waals surface area contributed by atoms with Gasteiger partial charge in [0.25, 0.3) is 0 Å². The Hall–Kier alpha value is -0.440. The highest BCUT2D eigenvalue weighted by molar-refractivity contribution is 4.47. The molecule has 0 aliphatic carbocycles. The number of hydrogen-bond acceptors (Lipinski definition) is 0. The molecule has 17 heavy (non-hydrogen) atoms. The molecule has 0 aromatic carbocycles. The predicted molar refractivity (Wildman–Crippen MR) is 91.8 cm³/mol. The topological polar surface area (TPSA) is 0 Å². The smallest absolute Gasteiger partial charge is 0.0590 e. The number of hydrogen-bond donors (Lipinski definition) is 0. The van der Waals surface area contributed by atoms with Crippen LogP contribution in [0.3, 0.4) is 0 Å². The van der Waals surface area contributed by atoms with E-state index in [1.54, 1.807) is 0 Å². The summed E-state index contributed by atoms with van der Waals surface area (Å²) in [4.78, 5) is 0. The van der Waals surface area contributed by atoms with Gasteiger partial charge < -0.3 is 0 Å². The zero-order chi connectivity index (χ0) is 16.1. The molecular formula is C17H44. The van der Waals surface area contributed by atoms with E-state index in [2.05, 4.69) is 54.4 Å². The van der Waals surface area contributed by atoms with Crippen molar-refractivity contribution in [3.63, 3.8) is 0 Å². The van der Waals surface area contributed by atoms with E-state index in [9.17, 15) is 0 Å². The van der Waals surface area contributed by atoms with E-state index in [1.165, 1.54) is 19.3 Å². The van der Waals surface area contributed by atoms with Gasteiger partial charge in [0.1, 0.15) is 0 Å². The lowest BCUT2D eigenvalue weighted by molar-refractivity contribution is 1.09. The molecule has 0 heteroatoms. The minimum absolute atomic E-state index is 1.25. The second kappa shape index (κ2) is 503. The Labute approximate surface area is 116 Å². The largest absolute Gasteiger partial charge is 0.124 e. The Kier molecular flexibility index (Phi) is 1300. The summed E-state index contributed by atoms with van der Waals surface area (Å²) in [6.07, 6.45) is 11.8. The van der Waals surface area contributed by atoms with Crippen LogP contribution in [0.15, 0.2) is 0 Å². The van der Waals surface area contributed by atoms with E-state index in [1.807, 2.05) is 41.5 Å². The third-order valence-electron chi connectivity index (χ3n) is 0. The first-order valence-corrected chi connectivity index (χ1v) is 7.58. The Morgan fingerprint density at radius 2 is 0.412 bits per heavy atom. The maximum atomic E-state index is 4.00. The molecule has 112 valence electrons. The molecule has 0 heterocycles. The molecule has 0 saturated carbocycles. The summed E-state index contributed by atoms with van der Waals surface area (Å²) in [5.74, 6) is 0. The van der Waals surface area contributed by atoms with Crippen molar-refractivity contribution in [3.05, 3.63) is 0 Å². The van der Waals surface area contributed by atoms with Crippen molar-refractivity contribution in [2.45, 2.75) is 102 Å². The van der Waals surface area contributed by atoms with E-state index in [-0.39, 0.29) is 0 Å². The van der Waals surface area contributed by atoms with E-state index >= 15 is 0 Å². The van der Waals surface area contributed by atoms with Gasteiger partial charge in [0, 0.05) is 0 Å². The Balaban J connectivity index is -0.0000000139. The SMILES string of the molecule is C#C.CC.CC.CC.CCC.CCC.CCC. The lowest BCUT2D eigenvalue weighted by Crippen LogP contribution is -1.27. The molecule has 0 atom stereocenters. The molecule has 0 rings (SSSR count). The van der Waals surface area contributed by atoms with E-state index in [0.29, 0.717) is 0 Å². The van der Waals surface area contributed by atoms with Crippen molar-refractivity contribution < 1.29 is 0 Å². The maximum Gasteiger partial charge on any atom is -0.0590 e. The molecule has 0 amide bonds. The summed E-state index contributed by atoms with van der Waals surface area (Å²) in [6, 6.07) is 0. The van der Waals surface area contributed by atoms with Gasteiger partial charge in [-0.1, -0.05) is 102 Å². The van der Waals surface area contributed by atoms with E-state index < -0.39 is 0 Å². The van der Waals surface area contributed by atoms with Gasteiger partial charge in [0.2, 0.25) is 0 Å². The normalized spacial score (nSPS) is 4.35. The monoisotopic (exact) mass is 248 g/mol. The molecule has 0 unspecified atom stereocenters. The van der Waals surface area contributed by atoms with Crippen LogP contribution in [0.1, 0.15) is 102 Å². The molecule has 0 bridgehead atoms. The van der Waals surface area contributed by atoms with Crippen molar-refractivity contribution in [1.29, 1.82) is 0 Å². The molecule has 0 aliphatic rings. The van der Waals surface area contributed by atoms with Gasteiger partial charge in [-0.15, -0.1) is 12.8 Å².